The highest BCUT2D eigenvalue weighted by atomic mass is 32.1. The number of anilines is 1. The molecule has 1 aromatic carbocycles. The third kappa shape index (κ3) is 3.85. The first-order valence-corrected chi connectivity index (χ1v) is 9.78. The van der Waals surface area contributed by atoms with Gasteiger partial charge in [0, 0.05) is 44.6 Å². The molecule has 0 spiro atoms. The Kier molecular flexibility index (Phi) is 4.89. The van der Waals surface area contributed by atoms with E-state index in [-0.39, 0.29) is 5.91 Å². The van der Waals surface area contributed by atoms with Crippen LogP contribution in [-0.2, 0) is 17.6 Å². The van der Waals surface area contributed by atoms with Crippen LogP contribution in [0.25, 0.3) is 0 Å². The third-order valence-corrected chi connectivity index (χ3v) is 5.58. The van der Waals surface area contributed by atoms with Gasteiger partial charge in [0.1, 0.15) is 0 Å². The minimum atomic E-state index is -0.444. The molecule has 0 bridgehead atoms. The standard InChI is InChI=1S/C19H21N5O2S/c1-14-22-16(23-26-14)7-8-20-17(25)19(11-15-5-3-2-4-6-15)12-24(13-19)18-21-9-10-27-18/h2-6,9-10H,7-8,11-13H2,1H3,(H,20,25). The van der Waals surface area contributed by atoms with E-state index >= 15 is 0 Å². The van der Waals surface area contributed by atoms with Crippen LogP contribution in [0.3, 0.4) is 0 Å². The van der Waals surface area contributed by atoms with Crippen LogP contribution in [0.1, 0.15) is 17.3 Å². The maximum Gasteiger partial charge on any atom is 0.230 e. The van der Waals surface area contributed by atoms with E-state index < -0.39 is 5.41 Å². The molecular formula is C19H21N5O2S. The number of aryl methyl sites for hydroxylation is 1. The van der Waals surface area contributed by atoms with Gasteiger partial charge in [-0.3, -0.25) is 4.79 Å². The number of nitrogens with zero attached hydrogens (tertiary/aromatic N) is 4. The molecule has 3 heterocycles. The number of nitrogens with one attached hydrogen (secondary N) is 1. The summed E-state index contributed by atoms with van der Waals surface area (Å²) in [5.74, 6) is 1.22. The number of hydrogen-bond donors (Lipinski definition) is 1. The van der Waals surface area contributed by atoms with Crippen LogP contribution in [0.15, 0.2) is 46.4 Å². The van der Waals surface area contributed by atoms with Gasteiger partial charge in [0.2, 0.25) is 11.8 Å². The number of thiazole rings is 1. The molecule has 140 valence electrons. The second-order valence-corrected chi connectivity index (χ2v) is 7.72. The van der Waals surface area contributed by atoms with Crippen LogP contribution in [0.4, 0.5) is 5.13 Å². The molecule has 1 N–H and O–H groups in total. The number of benzene rings is 1. The number of aromatic nitrogens is 3. The smallest absolute Gasteiger partial charge is 0.230 e. The number of hydrogen-bond acceptors (Lipinski definition) is 7. The first-order chi connectivity index (χ1) is 13.1. The van der Waals surface area contributed by atoms with E-state index in [1.54, 1.807) is 24.5 Å². The predicted octanol–water partition coefficient (Wildman–Crippen LogP) is 2.24. The Morgan fingerprint density at radius 3 is 2.81 bits per heavy atom. The molecule has 2 aromatic heterocycles. The summed E-state index contributed by atoms with van der Waals surface area (Å²) in [7, 11) is 0. The predicted molar refractivity (Wildman–Crippen MR) is 103 cm³/mol. The van der Waals surface area contributed by atoms with Gasteiger partial charge < -0.3 is 14.7 Å². The molecule has 0 unspecified atom stereocenters. The first kappa shape index (κ1) is 17.7. The second kappa shape index (κ2) is 7.48. The zero-order valence-electron chi connectivity index (χ0n) is 15.1. The van der Waals surface area contributed by atoms with Crippen molar-refractivity contribution in [3.8, 4) is 0 Å². The number of amides is 1. The zero-order chi connectivity index (χ0) is 18.7. The summed E-state index contributed by atoms with van der Waals surface area (Å²) >= 11 is 1.60. The van der Waals surface area contributed by atoms with Gasteiger partial charge in [-0.15, -0.1) is 11.3 Å². The molecule has 1 saturated heterocycles. The van der Waals surface area contributed by atoms with E-state index in [9.17, 15) is 4.79 Å². The first-order valence-electron chi connectivity index (χ1n) is 8.90. The number of carbonyl (C=O) groups is 1. The monoisotopic (exact) mass is 383 g/mol. The molecule has 3 aromatic rings. The largest absolute Gasteiger partial charge is 0.355 e. The molecule has 0 radical (unpaired) electrons. The minimum absolute atomic E-state index is 0.0689. The Morgan fingerprint density at radius 2 is 2.15 bits per heavy atom. The summed E-state index contributed by atoms with van der Waals surface area (Å²) < 4.78 is 4.97. The van der Waals surface area contributed by atoms with Gasteiger partial charge in [-0.1, -0.05) is 35.5 Å². The second-order valence-electron chi connectivity index (χ2n) is 6.85. The molecule has 0 aliphatic carbocycles. The van der Waals surface area contributed by atoms with E-state index in [0.29, 0.717) is 44.2 Å². The van der Waals surface area contributed by atoms with Crippen LogP contribution < -0.4 is 10.2 Å². The van der Waals surface area contributed by atoms with E-state index in [4.69, 9.17) is 4.52 Å². The highest BCUT2D eigenvalue weighted by Gasteiger charge is 2.49. The molecule has 1 aliphatic rings. The average molecular weight is 383 g/mol. The fourth-order valence-electron chi connectivity index (χ4n) is 3.43. The van der Waals surface area contributed by atoms with Gasteiger partial charge >= 0.3 is 0 Å². The van der Waals surface area contributed by atoms with Crippen molar-refractivity contribution in [2.45, 2.75) is 19.8 Å². The van der Waals surface area contributed by atoms with Gasteiger partial charge in [0.15, 0.2) is 11.0 Å². The summed E-state index contributed by atoms with van der Waals surface area (Å²) in [4.78, 5) is 23.7. The maximum atomic E-state index is 13.0. The Morgan fingerprint density at radius 1 is 1.33 bits per heavy atom. The molecule has 0 atom stereocenters. The summed E-state index contributed by atoms with van der Waals surface area (Å²) in [5.41, 5.74) is 0.723. The fourth-order valence-corrected chi connectivity index (χ4v) is 4.08. The van der Waals surface area contributed by atoms with Gasteiger partial charge in [-0.05, 0) is 12.0 Å². The molecule has 27 heavy (non-hydrogen) atoms. The summed E-state index contributed by atoms with van der Waals surface area (Å²) in [6, 6.07) is 10.2. The Balaban J connectivity index is 1.42. The molecular weight excluding hydrogens is 362 g/mol. The zero-order valence-corrected chi connectivity index (χ0v) is 15.9. The number of carbonyl (C=O) groups excluding carboxylic acids is 1. The Bertz CT molecular complexity index is 888. The lowest BCUT2D eigenvalue weighted by Crippen LogP contribution is -2.64. The van der Waals surface area contributed by atoms with Crippen molar-refractivity contribution in [1.29, 1.82) is 0 Å². The van der Waals surface area contributed by atoms with Crippen molar-refractivity contribution in [1.82, 2.24) is 20.4 Å². The molecule has 1 amide bonds. The van der Waals surface area contributed by atoms with Gasteiger partial charge in [-0.25, -0.2) is 4.98 Å². The topological polar surface area (TPSA) is 84.2 Å². The molecule has 7 nitrogen and oxygen atoms in total. The quantitative estimate of drug-likeness (QED) is 0.674. The van der Waals surface area contributed by atoms with Crippen molar-refractivity contribution in [3.05, 3.63) is 59.2 Å². The maximum absolute atomic E-state index is 13.0. The van der Waals surface area contributed by atoms with Crippen LogP contribution in [0.2, 0.25) is 0 Å². The summed E-state index contributed by atoms with van der Waals surface area (Å²) in [6.45, 7) is 3.59. The third-order valence-electron chi connectivity index (χ3n) is 4.75. The molecule has 4 rings (SSSR count). The van der Waals surface area contributed by atoms with Crippen molar-refractivity contribution in [2.75, 3.05) is 24.5 Å². The van der Waals surface area contributed by atoms with E-state index in [2.05, 4.69) is 37.5 Å². The van der Waals surface area contributed by atoms with Crippen LogP contribution in [0, 0.1) is 12.3 Å². The lowest BCUT2D eigenvalue weighted by Gasteiger charge is -2.49. The Labute approximate surface area is 161 Å². The van der Waals surface area contributed by atoms with Crippen molar-refractivity contribution in [3.63, 3.8) is 0 Å². The summed E-state index contributed by atoms with van der Waals surface area (Å²) in [5, 5.41) is 9.86. The fraction of sp³-hybridized carbons (Fsp3) is 0.368. The van der Waals surface area contributed by atoms with Crippen LogP contribution in [0.5, 0.6) is 0 Å². The summed E-state index contributed by atoms with van der Waals surface area (Å²) in [6.07, 6.45) is 3.06. The van der Waals surface area contributed by atoms with Crippen molar-refractivity contribution >= 4 is 22.4 Å². The van der Waals surface area contributed by atoms with Gasteiger partial charge in [0.05, 0.1) is 5.41 Å². The minimum Gasteiger partial charge on any atom is -0.355 e. The van der Waals surface area contributed by atoms with Gasteiger partial charge in [-0.2, -0.15) is 4.98 Å². The lowest BCUT2D eigenvalue weighted by molar-refractivity contribution is -0.132. The highest BCUT2D eigenvalue weighted by Crippen LogP contribution is 2.38. The molecule has 1 fully saturated rings. The molecule has 0 saturated carbocycles. The molecule has 1 aliphatic heterocycles. The average Bonchev–Trinajstić information content (AvgIpc) is 3.30. The van der Waals surface area contributed by atoms with E-state index in [0.717, 1.165) is 5.13 Å². The molecule has 8 heteroatoms. The van der Waals surface area contributed by atoms with Gasteiger partial charge in [0.25, 0.3) is 0 Å². The Hall–Kier alpha value is -2.74. The van der Waals surface area contributed by atoms with E-state index in [1.165, 1.54) is 5.56 Å². The van der Waals surface area contributed by atoms with Crippen LogP contribution in [-0.4, -0.2) is 40.7 Å². The normalized spacial score (nSPS) is 15.4. The lowest BCUT2D eigenvalue weighted by atomic mass is 9.74. The van der Waals surface area contributed by atoms with Crippen molar-refractivity contribution in [2.24, 2.45) is 5.41 Å². The van der Waals surface area contributed by atoms with Crippen molar-refractivity contribution < 1.29 is 9.32 Å². The number of rotatable bonds is 7. The van der Waals surface area contributed by atoms with Crippen LogP contribution >= 0.6 is 11.3 Å². The highest BCUT2D eigenvalue weighted by molar-refractivity contribution is 7.13. The van der Waals surface area contributed by atoms with E-state index in [1.807, 2.05) is 23.6 Å². The SMILES string of the molecule is Cc1nc(CCNC(=O)C2(Cc3ccccc3)CN(c3nccs3)C2)no1.